The molecule has 118 valence electrons. The van der Waals surface area contributed by atoms with Crippen molar-refractivity contribution in [2.24, 2.45) is 0 Å². The van der Waals surface area contributed by atoms with Crippen molar-refractivity contribution in [1.29, 1.82) is 0 Å². The Bertz CT molecular complexity index is 679. The zero-order chi connectivity index (χ0) is 16.5. The molecule has 4 heteroatoms. The molecule has 22 heavy (non-hydrogen) atoms. The van der Waals surface area contributed by atoms with E-state index < -0.39 is 11.2 Å². The Labute approximate surface area is 139 Å². The van der Waals surface area contributed by atoms with Crippen molar-refractivity contribution in [3.05, 3.63) is 52.8 Å². The molecule has 1 atom stereocenters. The Kier molecular flexibility index (Phi) is 5.21. The summed E-state index contributed by atoms with van der Waals surface area (Å²) in [4.78, 5) is 0.669. The highest BCUT2D eigenvalue weighted by molar-refractivity contribution is 7.91. The van der Waals surface area contributed by atoms with Crippen LogP contribution in [0.5, 0.6) is 0 Å². The maximum atomic E-state index is 14.9. The first-order chi connectivity index (χ1) is 10.3. The van der Waals surface area contributed by atoms with E-state index in [1.165, 1.54) is 0 Å². The Morgan fingerprint density at radius 2 is 1.82 bits per heavy atom. The van der Waals surface area contributed by atoms with Crippen LogP contribution in [0.2, 0.25) is 5.02 Å². The van der Waals surface area contributed by atoms with Crippen LogP contribution in [-0.4, -0.2) is 10.3 Å². The van der Waals surface area contributed by atoms with Gasteiger partial charge in [-0.3, -0.25) is 0 Å². The summed E-state index contributed by atoms with van der Waals surface area (Å²) in [6.07, 6.45) is 0. The lowest BCUT2D eigenvalue weighted by molar-refractivity contribution is 0.525. The van der Waals surface area contributed by atoms with Gasteiger partial charge in [-0.1, -0.05) is 50.6 Å². The van der Waals surface area contributed by atoms with Gasteiger partial charge in [-0.2, -0.15) is 0 Å². The van der Waals surface area contributed by atoms with E-state index in [0.717, 1.165) is 0 Å². The van der Waals surface area contributed by atoms with Gasteiger partial charge < -0.3 is 4.55 Å². The van der Waals surface area contributed by atoms with Gasteiger partial charge in [-0.25, -0.2) is 4.39 Å². The first-order valence-electron chi connectivity index (χ1n) is 7.23. The van der Waals surface area contributed by atoms with E-state index in [-0.39, 0.29) is 11.2 Å². The molecule has 1 unspecified atom stereocenters. The molecule has 2 aromatic rings. The molecule has 2 aromatic carbocycles. The van der Waals surface area contributed by atoms with Crippen molar-refractivity contribution in [3.63, 3.8) is 0 Å². The van der Waals surface area contributed by atoms with E-state index in [0.29, 0.717) is 32.4 Å². The molecule has 0 bridgehead atoms. The van der Waals surface area contributed by atoms with Crippen LogP contribution in [0.25, 0.3) is 11.1 Å². The third kappa shape index (κ3) is 3.48. The monoisotopic (exact) mass is 338 g/mol. The number of hydrogen-bond donors (Lipinski definition) is 0. The Morgan fingerprint density at radius 3 is 2.41 bits per heavy atom. The molecule has 0 spiro atoms. The normalized spacial score (nSPS) is 13.2. The van der Waals surface area contributed by atoms with Crippen molar-refractivity contribution in [2.75, 3.05) is 5.75 Å². The summed E-state index contributed by atoms with van der Waals surface area (Å²) in [5.74, 6) is 0.252. The number of halogens is 2. The van der Waals surface area contributed by atoms with Crippen LogP contribution in [0.1, 0.15) is 33.3 Å². The lowest BCUT2D eigenvalue weighted by Crippen LogP contribution is -2.14. The van der Waals surface area contributed by atoms with E-state index in [1.54, 1.807) is 30.3 Å². The van der Waals surface area contributed by atoms with Gasteiger partial charge >= 0.3 is 0 Å². The minimum absolute atomic E-state index is 0.267. The molecule has 0 aliphatic rings. The maximum Gasteiger partial charge on any atom is 0.153 e. The predicted octanol–water partition coefficient (Wildman–Crippen LogP) is 5.57. The lowest BCUT2D eigenvalue weighted by atomic mass is 9.85. The fraction of sp³-hybridized carbons (Fsp3) is 0.333. The van der Waals surface area contributed by atoms with E-state index >= 15 is 0 Å². The second-order valence-electron chi connectivity index (χ2n) is 6.19. The summed E-state index contributed by atoms with van der Waals surface area (Å²) in [5.41, 5.74) is 1.39. The molecule has 0 fully saturated rings. The fourth-order valence-corrected chi connectivity index (χ4v) is 3.36. The third-order valence-corrected chi connectivity index (χ3v) is 5.19. The van der Waals surface area contributed by atoms with E-state index in [2.05, 4.69) is 0 Å². The highest BCUT2D eigenvalue weighted by Crippen LogP contribution is 2.36. The van der Waals surface area contributed by atoms with Gasteiger partial charge in [0.2, 0.25) is 0 Å². The molecule has 0 N–H and O–H groups in total. The quantitative estimate of drug-likeness (QED) is 0.671. The molecule has 1 nitrogen and oxygen atoms in total. The molecular formula is C18H20ClFOS. The molecule has 0 amide bonds. The van der Waals surface area contributed by atoms with Crippen molar-refractivity contribution in [2.45, 2.75) is 38.0 Å². The summed E-state index contributed by atoms with van der Waals surface area (Å²) < 4.78 is 26.9. The Balaban J connectivity index is 2.62. The van der Waals surface area contributed by atoms with Gasteiger partial charge in [0.05, 0.1) is 0 Å². The van der Waals surface area contributed by atoms with Crippen molar-refractivity contribution in [3.8, 4) is 11.1 Å². The molecule has 0 aliphatic carbocycles. The molecule has 0 aromatic heterocycles. The summed E-state index contributed by atoms with van der Waals surface area (Å²) in [6, 6.07) is 10.5. The van der Waals surface area contributed by atoms with Crippen LogP contribution < -0.4 is 0 Å². The van der Waals surface area contributed by atoms with E-state index in [4.69, 9.17) is 11.6 Å². The van der Waals surface area contributed by atoms with Crippen LogP contribution >= 0.6 is 11.6 Å². The summed E-state index contributed by atoms with van der Waals surface area (Å²) in [6.45, 7) is 7.77. The van der Waals surface area contributed by atoms with Crippen LogP contribution in [0.4, 0.5) is 4.39 Å². The van der Waals surface area contributed by atoms with Gasteiger partial charge in [-0.15, -0.1) is 0 Å². The predicted molar refractivity (Wildman–Crippen MR) is 92.5 cm³/mol. The number of hydrogen-bond acceptors (Lipinski definition) is 1. The minimum atomic E-state index is -1.09. The SMILES string of the molecule is CC[S+]([O-])c1ccc(Cl)c(-c2cccc(C(C)(C)C)c2F)c1. The van der Waals surface area contributed by atoms with Gasteiger partial charge in [0.25, 0.3) is 0 Å². The average molecular weight is 339 g/mol. The van der Waals surface area contributed by atoms with Crippen LogP contribution in [0.15, 0.2) is 41.3 Å². The Morgan fingerprint density at radius 1 is 1.14 bits per heavy atom. The maximum absolute atomic E-state index is 14.9. The molecular weight excluding hydrogens is 319 g/mol. The zero-order valence-electron chi connectivity index (χ0n) is 13.2. The Hall–Kier alpha value is -1.03. The molecule has 0 heterocycles. The number of rotatable bonds is 3. The van der Waals surface area contributed by atoms with Crippen LogP contribution in [-0.2, 0) is 16.6 Å². The molecule has 0 saturated carbocycles. The first-order valence-corrected chi connectivity index (χ1v) is 8.92. The molecule has 0 saturated heterocycles. The average Bonchev–Trinajstić information content (AvgIpc) is 2.46. The smallest absolute Gasteiger partial charge is 0.153 e. The minimum Gasteiger partial charge on any atom is -0.611 e. The topological polar surface area (TPSA) is 23.1 Å². The second kappa shape index (κ2) is 6.61. The fourth-order valence-electron chi connectivity index (χ4n) is 2.34. The van der Waals surface area contributed by atoms with Crippen LogP contribution in [0.3, 0.4) is 0 Å². The second-order valence-corrected chi connectivity index (χ2v) is 8.34. The molecule has 0 aliphatic heterocycles. The van der Waals surface area contributed by atoms with Gasteiger partial charge in [-0.05, 0) is 41.2 Å². The summed E-state index contributed by atoms with van der Waals surface area (Å²) in [5, 5.41) is 0.460. The van der Waals surface area contributed by atoms with Gasteiger partial charge in [0, 0.05) is 22.2 Å². The lowest BCUT2D eigenvalue weighted by Gasteiger charge is -2.21. The summed E-state index contributed by atoms with van der Waals surface area (Å²) in [7, 11) is 0. The largest absolute Gasteiger partial charge is 0.611 e. The van der Waals surface area contributed by atoms with Gasteiger partial charge in [0.1, 0.15) is 11.6 Å². The highest BCUT2D eigenvalue weighted by atomic mass is 35.5. The molecule has 2 rings (SSSR count). The summed E-state index contributed by atoms with van der Waals surface area (Å²) >= 11 is 5.16. The van der Waals surface area contributed by atoms with E-state index in [1.807, 2.05) is 33.8 Å². The van der Waals surface area contributed by atoms with E-state index in [9.17, 15) is 8.94 Å². The number of benzene rings is 2. The zero-order valence-corrected chi connectivity index (χ0v) is 14.8. The van der Waals surface area contributed by atoms with Crippen molar-refractivity contribution >= 4 is 22.8 Å². The van der Waals surface area contributed by atoms with Crippen molar-refractivity contribution < 1.29 is 8.94 Å². The van der Waals surface area contributed by atoms with Gasteiger partial charge in [0.15, 0.2) is 4.90 Å². The first kappa shape index (κ1) is 17.3. The standard InChI is InChI=1S/C18H20ClFOS/c1-5-22(21)12-9-10-16(19)14(11-12)13-7-6-8-15(17(13)20)18(2,3)4/h6-11H,5H2,1-4H3. The third-order valence-electron chi connectivity index (χ3n) is 3.56. The van der Waals surface area contributed by atoms with Crippen LogP contribution in [0, 0.1) is 5.82 Å². The molecule has 0 radical (unpaired) electrons. The van der Waals surface area contributed by atoms with Crippen molar-refractivity contribution in [1.82, 2.24) is 0 Å². The highest BCUT2D eigenvalue weighted by Gasteiger charge is 2.22.